The number of carboxylic acid groups (broad SMARTS) is 1. The molecule has 22 heavy (non-hydrogen) atoms. The van der Waals surface area contributed by atoms with E-state index in [0.29, 0.717) is 0 Å². The molecular weight excluding hydrogens is 308 g/mol. The lowest BCUT2D eigenvalue weighted by molar-refractivity contribution is -0.141. The lowest BCUT2D eigenvalue weighted by atomic mass is 10.2. The predicted octanol–water partition coefficient (Wildman–Crippen LogP) is 0.384. The maximum atomic E-state index is 12.4. The highest BCUT2D eigenvalue weighted by atomic mass is 32.2. The van der Waals surface area contributed by atoms with Gasteiger partial charge in [-0.15, -0.1) is 0 Å². The minimum absolute atomic E-state index is 0.0548. The number of aliphatic carboxylic acids is 1. The van der Waals surface area contributed by atoms with Crippen molar-refractivity contribution in [1.29, 1.82) is 0 Å². The Labute approximate surface area is 129 Å². The van der Waals surface area contributed by atoms with Crippen LogP contribution in [0.15, 0.2) is 35.2 Å². The molecule has 0 radical (unpaired) electrons. The number of sulfonamides is 1. The van der Waals surface area contributed by atoms with Crippen molar-refractivity contribution in [3.63, 3.8) is 0 Å². The third-order valence-electron chi connectivity index (χ3n) is 3.53. The molecular formula is C14H18N2O5S. The number of carbonyl (C=O) groups is 2. The predicted molar refractivity (Wildman–Crippen MR) is 78.7 cm³/mol. The van der Waals surface area contributed by atoms with E-state index in [1.54, 1.807) is 30.3 Å². The zero-order valence-corrected chi connectivity index (χ0v) is 12.8. The van der Waals surface area contributed by atoms with Crippen molar-refractivity contribution in [3.05, 3.63) is 30.3 Å². The number of piperazine rings is 1. The minimum Gasteiger partial charge on any atom is -0.481 e. The molecule has 1 fully saturated rings. The maximum Gasteiger partial charge on any atom is 0.303 e. The highest BCUT2D eigenvalue weighted by Crippen LogP contribution is 2.17. The van der Waals surface area contributed by atoms with E-state index >= 15 is 0 Å². The normalized spacial score (nSPS) is 16.5. The summed E-state index contributed by atoms with van der Waals surface area (Å²) in [7, 11) is -3.54. The Bertz CT molecular complexity index is 636. The molecule has 1 saturated heterocycles. The van der Waals surface area contributed by atoms with Crippen LogP contribution in [0.2, 0.25) is 0 Å². The summed E-state index contributed by atoms with van der Waals surface area (Å²) < 4.78 is 26.2. The van der Waals surface area contributed by atoms with Gasteiger partial charge in [0.05, 0.1) is 11.3 Å². The van der Waals surface area contributed by atoms with Gasteiger partial charge in [0.2, 0.25) is 15.9 Å². The van der Waals surface area contributed by atoms with E-state index in [1.807, 2.05) is 0 Å². The second-order valence-corrected chi connectivity index (χ2v) is 6.93. The van der Waals surface area contributed by atoms with E-state index in [4.69, 9.17) is 5.11 Å². The topological polar surface area (TPSA) is 95.0 Å². The molecule has 120 valence electrons. The van der Waals surface area contributed by atoms with E-state index in [9.17, 15) is 18.0 Å². The van der Waals surface area contributed by atoms with Crippen molar-refractivity contribution in [2.75, 3.05) is 26.2 Å². The largest absolute Gasteiger partial charge is 0.481 e. The molecule has 8 heteroatoms. The van der Waals surface area contributed by atoms with Crippen LogP contribution in [0.4, 0.5) is 0 Å². The molecule has 1 amide bonds. The number of hydrogen-bond acceptors (Lipinski definition) is 4. The van der Waals surface area contributed by atoms with Gasteiger partial charge < -0.3 is 10.0 Å². The lowest BCUT2D eigenvalue weighted by Crippen LogP contribution is -2.50. The second-order valence-electron chi connectivity index (χ2n) is 4.99. The summed E-state index contributed by atoms with van der Waals surface area (Å²) in [4.78, 5) is 24.0. The molecule has 0 saturated carbocycles. The molecule has 0 atom stereocenters. The average Bonchev–Trinajstić information content (AvgIpc) is 2.53. The summed E-state index contributed by atoms with van der Waals surface area (Å²) in [5, 5.41) is 8.58. The molecule has 1 aromatic rings. The van der Waals surface area contributed by atoms with Crippen molar-refractivity contribution in [3.8, 4) is 0 Å². The van der Waals surface area contributed by atoms with Crippen molar-refractivity contribution in [1.82, 2.24) is 9.21 Å². The van der Waals surface area contributed by atoms with E-state index < -0.39 is 16.0 Å². The molecule has 1 aromatic carbocycles. The number of carbonyl (C=O) groups excluding carboxylic acids is 1. The summed E-state index contributed by atoms with van der Waals surface area (Å²) in [6, 6.07) is 8.16. The Morgan fingerprint density at radius 1 is 1.00 bits per heavy atom. The Morgan fingerprint density at radius 3 is 2.14 bits per heavy atom. The third kappa shape index (κ3) is 3.83. The van der Waals surface area contributed by atoms with Crippen LogP contribution in [0, 0.1) is 0 Å². The fraction of sp³-hybridized carbons (Fsp3) is 0.429. The van der Waals surface area contributed by atoms with Crippen LogP contribution in [0.5, 0.6) is 0 Å². The highest BCUT2D eigenvalue weighted by molar-refractivity contribution is 7.89. The zero-order chi connectivity index (χ0) is 16.2. The molecule has 1 aliphatic rings. The summed E-state index contributed by atoms with van der Waals surface area (Å²) in [5.41, 5.74) is 0. The van der Waals surface area contributed by atoms with Gasteiger partial charge in [-0.25, -0.2) is 8.42 Å². The maximum absolute atomic E-state index is 12.4. The van der Waals surface area contributed by atoms with E-state index in [1.165, 1.54) is 9.21 Å². The van der Waals surface area contributed by atoms with Crippen LogP contribution in [-0.4, -0.2) is 60.8 Å². The number of hydrogen-bond donors (Lipinski definition) is 1. The van der Waals surface area contributed by atoms with Crippen molar-refractivity contribution in [2.45, 2.75) is 17.7 Å². The fourth-order valence-corrected chi connectivity index (χ4v) is 3.73. The number of carboxylic acids is 1. The smallest absolute Gasteiger partial charge is 0.303 e. The summed E-state index contributed by atoms with van der Waals surface area (Å²) in [5.74, 6) is -1.27. The average molecular weight is 326 g/mol. The monoisotopic (exact) mass is 326 g/mol. The van der Waals surface area contributed by atoms with E-state index in [2.05, 4.69) is 0 Å². The van der Waals surface area contributed by atoms with Crippen molar-refractivity contribution < 1.29 is 23.1 Å². The molecule has 0 aliphatic carbocycles. The van der Waals surface area contributed by atoms with Crippen LogP contribution in [0.1, 0.15) is 12.8 Å². The van der Waals surface area contributed by atoms with Gasteiger partial charge in [0.1, 0.15) is 0 Å². The van der Waals surface area contributed by atoms with Crippen LogP contribution < -0.4 is 0 Å². The van der Waals surface area contributed by atoms with Gasteiger partial charge in [-0.05, 0) is 12.1 Å². The molecule has 0 bridgehead atoms. The molecule has 2 rings (SSSR count). The first kappa shape index (κ1) is 16.4. The van der Waals surface area contributed by atoms with E-state index in [0.717, 1.165) is 0 Å². The standard InChI is InChI=1S/C14H18N2O5S/c17-13(6-7-14(18)19)15-8-10-16(11-9-15)22(20,21)12-4-2-1-3-5-12/h1-5H,6-11H2,(H,18,19). The first-order valence-electron chi connectivity index (χ1n) is 6.96. The number of amides is 1. The Balaban J connectivity index is 1.95. The Hall–Kier alpha value is -1.93. The molecule has 7 nitrogen and oxygen atoms in total. The SMILES string of the molecule is O=C(O)CCC(=O)N1CCN(S(=O)(=O)c2ccccc2)CC1. The van der Waals surface area contributed by atoms with Crippen LogP contribution in [0.25, 0.3) is 0 Å². The van der Waals surface area contributed by atoms with Gasteiger partial charge in [-0.2, -0.15) is 4.31 Å². The molecule has 1 heterocycles. The van der Waals surface area contributed by atoms with Gasteiger partial charge in [-0.1, -0.05) is 18.2 Å². The van der Waals surface area contributed by atoms with Crippen LogP contribution >= 0.6 is 0 Å². The van der Waals surface area contributed by atoms with Gasteiger partial charge >= 0.3 is 5.97 Å². The van der Waals surface area contributed by atoms with E-state index in [-0.39, 0.29) is 49.8 Å². The molecule has 0 spiro atoms. The van der Waals surface area contributed by atoms with Crippen molar-refractivity contribution in [2.24, 2.45) is 0 Å². The summed E-state index contributed by atoms with van der Waals surface area (Å²) in [6.45, 7) is 1.00. The van der Waals surface area contributed by atoms with Crippen LogP contribution in [0.3, 0.4) is 0 Å². The van der Waals surface area contributed by atoms with Gasteiger partial charge in [0.25, 0.3) is 0 Å². The molecule has 0 unspecified atom stereocenters. The molecule has 0 aromatic heterocycles. The van der Waals surface area contributed by atoms with Gasteiger partial charge in [0.15, 0.2) is 0 Å². The molecule has 1 aliphatic heterocycles. The second kappa shape index (κ2) is 6.89. The highest BCUT2D eigenvalue weighted by Gasteiger charge is 2.29. The summed E-state index contributed by atoms with van der Waals surface area (Å²) in [6.07, 6.45) is -0.262. The summed E-state index contributed by atoms with van der Waals surface area (Å²) >= 11 is 0. The van der Waals surface area contributed by atoms with Gasteiger partial charge in [0, 0.05) is 32.6 Å². The first-order chi connectivity index (χ1) is 10.4. The van der Waals surface area contributed by atoms with Crippen LogP contribution in [-0.2, 0) is 19.6 Å². The third-order valence-corrected chi connectivity index (χ3v) is 5.44. The van der Waals surface area contributed by atoms with Crippen molar-refractivity contribution >= 4 is 21.9 Å². The fourth-order valence-electron chi connectivity index (χ4n) is 2.29. The number of benzene rings is 1. The minimum atomic E-state index is -3.54. The first-order valence-corrected chi connectivity index (χ1v) is 8.40. The lowest BCUT2D eigenvalue weighted by Gasteiger charge is -2.34. The van der Waals surface area contributed by atoms with Gasteiger partial charge in [-0.3, -0.25) is 9.59 Å². The Morgan fingerprint density at radius 2 is 1.59 bits per heavy atom. The quantitative estimate of drug-likeness (QED) is 0.844. The number of rotatable bonds is 5. The zero-order valence-electron chi connectivity index (χ0n) is 12.0. The Kier molecular flexibility index (Phi) is 5.15. The molecule has 1 N–H and O–H groups in total. The number of nitrogens with zero attached hydrogens (tertiary/aromatic N) is 2.